The molecule has 0 N–H and O–H groups in total. The van der Waals surface area contributed by atoms with Gasteiger partial charge in [-0.2, -0.15) is 0 Å². The Bertz CT molecular complexity index is 206. The summed E-state index contributed by atoms with van der Waals surface area (Å²) in [6.45, 7) is 9.56. The van der Waals surface area contributed by atoms with Gasteiger partial charge in [-0.05, 0) is 12.0 Å². The van der Waals surface area contributed by atoms with E-state index in [9.17, 15) is 0 Å². The van der Waals surface area contributed by atoms with Gasteiger partial charge >= 0.3 is 0 Å². The lowest BCUT2D eigenvalue weighted by Crippen LogP contribution is -2.24. The van der Waals surface area contributed by atoms with E-state index in [1.165, 1.54) is 12.8 Å². The van der Waals surface area contributed by atoms with E-state index in [4.69, 9.17) is 0 Å². The van der Waals surface area contributed by atoms with E-state index in [2.05, 4.69) is 44.8 Å². The molecule has 0 aromatic heterocycles. The van der Waals surface area contributed by atoms with E-state index in [1.807, 2.05) is 0 Å². The minimum atomic E-state index is -0.958. The molecule has 0 saturated carbocycles. The standard InChI is InChI=1S/C11H20Si/c1-5-6-10-7-8-11(9-10)12(2,3)4/h7-9,11H,5-6H2,1-4H3. The second kappa shape index (κ2) is 3.61. The van der Waals surface area contributed by atoms with Gasteiger partial charge in [0, 0.05) is 0 Å². The lowest BCUT2D eigenvalue weighted by molar-refractivity contribution is 0.927. The summed E-state index contributed by atoms with van der Waals surface area (Å²) in [7, 11) is -0.958. The zero-order chi connectivity index (χ0) is 9.19. The van der Waals surface area contributed by atoms with Crippen molar-refractivity contribution in [1.82, 2.24) is 0 Å². The minimum absolute atomic E-state index is 0.791. The molecule has 0 saturated heterocycles. The van der Waals surface area contributed by atoms with Gasteiger partial charge in [-0.15, -0.1) is 0 Å². The van der Waals surface area contributed by atoms with Gasteiger partial charge in [-0.3, -0.25) is 0 Å². The summed E-state index contributed by atoms with van der Waals surface area (Å²) >= 11 is 0. The fourth-order valence-corrected chi connectivity index (χ4v) is 2.95. The highest BCUT2D eigenvalue weighted by atomic mass is 28.3. The molecule has 0 aliphatic heterocycles. The van der Waals surface area contributed by atoms with Crippen molar-refractivity contribution in [3.8, 4) is 0 Å². The van der Waals surface area contributed by atoms with Gasteiger partial charge in [0.15, 0.2) is 0 Å². The van der Waals surface area contributed by atoms with Crippen LogP contribution in [0.2, 0.25) is 25.2 Å². The molecule has 12 heavy (non-hydrogen) atoms. The van der Waals surface area contributed by atoms with Crippen LogP contribution in [0.4, 0.5) is 0 Å². The average molecular weight is 180 g/mol. The summed E-state index contributed by atoms with van der Waals surface area (Å²) in [4.78, 5) is 0. The number of hydrogen-bond donors (Lipinski definition) is 0. The second-order valence-electron chi connectivity index (χ2n) is 4.74. The smallest absolute Gasteiger partial charge is 0.0558 e. The summed E-state index contributed by atoms with van der Waals surface area (Å²) in [5, 5.41) is 0. The molecule has 68 valence electrons. The van der Waals surface area contributed by atoms with Gasteiger partial charge in [-0.25, -0.2) is 0 Å². The summed E-state index contributed by atoms with van der Waals surface area (Å²) in [6, 6.07) is 0. The van der Waals surface area contributed by atoms with Crippen molar-refractivity contribution >= 4 is 8.07 Å². The van der Waals surface area contributed by atoms with Crippen LogP contribution in [0.1, 0.15) is 19.8 Å². The molecule has 1 aliphatic rings. The molecule has 0 heterocycles. The predicted molar refractivity (Wildman–Crippen MR) is 59.2 cm³/mol. The minimum Gasteiger partial charge on any atom is -0.0801 e. The number of rotatable bonds is 3. The van der Waals surface area contributed by atoms with Gasteiger partial charge in [0.1, 0.15) is 0 Å². The van der Waals surface area contributed by atoms with Crippen molar-refractivity contribution in [2.75, 3.05) is 0 Å². The van der Waals surface area contributed by atoms with E-state index in [1.54, 1.807) is 5.57 Å². The maximum Gasteiger partial charge on any atom is 0.0558 e. The zero-order valence-corrected chi connectivity index (χ0v) is 9.72. The van der Waals surface area contributed by atoms with E-state index >= 15 is 0 Å². The molecule has 0 aromatic rings. The van der Waals surface area contributed by atoms with E-state index < -0.39 is 8.07 Å². The fraction of sp³-hybridized carbons (Fsp3) is 0.636. The van der Waals surface area contributed by atoms with Crippen molar-refractivity contribution in [3.63, 3.8) is 0 Å². The first-order valence-corrected chi connectivity index (χ1v) is 8.50. The summed E-state index contributed by atoms with van der Waals surface area (Å²) < 4.78 is 0. The highest BCUT2D eigenvalue weighted by molar-refractivity contribution is 6.78. The van der Waals surface area contributed by atoms with Crippen molar-refractivity contribution in [3.05, 3.63) is 23.8 Å². The lowest BCUT2D eigenvalue weighted by atomic mass is 10.2. The number of allylic oxidation sites excluding steroid dienone is 4. The van der Waals surface area contributed by atoms with E-state index in [-0.39, 0.29) is 0 Å². The lowest BCUT2D eigenvalue weighted by Gasteiger charge is -2.20. The third kappa shape index (κ3) is 2.34. The van der Waals surface area contributed by atoms with Crippen LogP contribution in [0.3, 0.4) is 0 Å². The largest absolute Gasteiger partial charge is 0.0801 e. The average Bonchev–Trinajstić information content (AvgIpc) is 2.35. The first-order chi connectivity index (χ1) is 5.54. The molecule has 1 unspecified atom stereocenters. The Hall–Kier alpha value is -0.303. The fourth-order valence-electron chi connectivity index (χ4n) is 1.56. The maximum atomic E-state index is 2.48. The molecule has 0 radical (unpaired) electrons. The SMILES string of the molecule is CCCC1=CC([Si](C)(C)C)C=C1. The molecule has 0 amide bonds. The van der Waals surface area contributed by atoms with E-state index in [0.29, 0.717) is 0 Å². The topological polar surface area (TPSA) is 0 Å². The van der Waals surface area contributed by atoms with Crippen molar-refractivity contribution in [2.24, 2.45) is 0 Å². The molecule has 0 bridgehead atoms. The van der Waals surface area contributed by atoms with Gasteiger partial charge in [0.05, 0.1) is 8.07 Å². The third-order valence-corrected chi connectivity index (χ3v) is 4.81. The maximum absolute atomic E-state index is 2.48. The van der Waals surface area contributed by atoms with Gasteiger partial charge in [0.2, 0.25) is 0 Å². The van der Waals surface area contributed by atoms with Crippen molar-refractivity contribution in [1.29, 1.82) is 0 Å². The highest BCUT2D eigenvalue weighted by Crippen LogP contribution is 2.32. The molecule has 0 spiro atoms. The summed E-state index contributed by atoms with van der Waals surface area (Å²) in [5.41, 5.74) is 2.35. The second-order valence-corrected chi connectivity index (χ2v) is 10.1. The molecule has 0 fully saturated rings. The molecule has 0 nitrogen and oxygen atoms in total. The molecule has 1 heteroatoms. The first kappa shape index (κ1) is 9.78. The summed E-state index contributed by atoms with van der Waals surface area (Å²) in [6.07, 6.45) is 9.74. The first-order valence-electron chi connectivity index (χ1n) is 4.93. The van der Waals surface area contributed by atoms with Crippen LogP contribution >= 0.6 is 0 Å². The van der Waals surface area contributed by atoms with Crippen LogP contribution < -0.4 is 0 Å². The van der Waals surface area contributed by atoms with Crippen LogP contribution in [-0.2, 0) is 0 Å². The van der Waals surface area contributed by atoms with Crippen LogP contribution in [0.5, 0.6) is 0 Å². The molecule has 1 rings (SSSR count). The third-order valence-electron chi connectivity index (χ3n) is 2.45. The zero-order valence-electron chi connectivity index (χ0n) is 8.72. The normalized spacial score (nSPS) is 23.0. The van der Waals surface area contributed by atoms with Gasteiger partial charge in [-0.1, -0.05) is 56.8 Å². The van der Waals surface area contributed by atoms with E-state index in [0.717, 1.165) is 5.54 Å². The van der Waals surface area contributed by atoms with Crippen LogP contribution in [0, 0.1) is 0 Å². The molecule has 1 aliphatic carbocycles. The van der Waals surface area contributed by atoms with Gasteiger partial charge in [0.25, 0.3) is 0 Å². The van der Waals surface area contributed by atoms with Gasteiger partial charge < -0.3 is 0 Å². The quantitative estimate of drug-likeness (QED) is 0.576. The molecule has 0 aromatic carbocycles. The Balaban J connectivity index is 2.60. The monoisotopic (exact) mass is 180 g/mol. The highest BCUT2D eigenvalue weighted by Gasteiger charge is 2.24. The Labute approximate surface area is 77.4 Å². The number of hydrogen-bond acceptors (Lipinski definition) is 0. The Kier molecular flexibility index (Phi) is 2.94. The van der Waals surface area contributed by atoms with Crippen molar-refractivity contribution in [2.45, 2.75) is 44.9 Å². The summed E-state index contributed by atoms with van der Waals surface area (Å²) in [5.74, 6) is 0. The Morgan fingerprint density at radius 2 is 2.00 bits per heavy atom. The van der Waals surface area contributed by atoms with Crippen LogP contribution in [-0.4, -0.2) is 8.07 Å². The van der Waals surface area contributed by atoms with Crippen LogP contribution in [0.25, 0.3) is 0 Å². The predicted octanol–water partition coefficient (Wildman–Crippen LogP) is 3.99. The Morgan fingerprint density at radius 3 is 2.42 bits per heavy atom. The molecular weight excluding hydrogens is 160 g/mol. The van der Waals surface area contributed by atoms with Crippen molar-refractivity contribution < 1.29 is 0 Å². The van der Waals surface area contributed by atoms with Crippen LogP contribution in [0.15, 0.2) is 23.8 Å². The molecule has 1 atom stereocenters. The Morgan fingerprint density at radius 1 is 1.33 bits per heavy atom. The molecular formula is C11H20Si.